The van der Waals surface area contributed by atoms with Gasteiger partial charge in [-0.25, -0.2) is 4.98 Å². The number of hydrogen-bond donors (Lipinski definition) is 1. The number of pyridine rings is 1. The average Bonchev–Trinajstić information content (AvgIpc) is 3.25. The Bertz CT molecular complexity index is 1570. The summed E-state index contributed by atoms with van der Waals surface area (Å²) in [5, 5.41) is 7.53. The maximum absolute atomic E-state index is 13.0. The minimum Gasteiger partial charge on any atom is -0.438 e. The number of alkyl halides is 3. The van der Waals surface area contributed by atoms with Crippen LogP contribution in [0.25, 0.3) is 22.4 Å². The molecule has 11 heteroatoms. The summed E-state index contributed by atoms with van der Waals surface area (Å²) in [7, 11) is 1.75. The van der Waals surface area contributed by atoms with E-state index >= 15 is 0 Å². The first-order valence-corrected chi connectivity index (χ1v) is 10.6. The van der Waals surface area contributed by atoms with Gasteiger partial charge in [-0.15, -0.1) is 0 Å². The summed E-state index contributed by atoms with van der Waals surface area (Å²) in [6.45, 7) is 0. The number of ether oxygens (including phenoxy) is 1. The zero-order valence-corrected chi connectivity index (χ0v) is 18.7. The second kappa shape index (κ2) is 9.10. The highest BCUT2D eigenvalue weighted by atomic mass is 19.4. The number of amides is 1. The summed E-state index contributed by atoms with van der Waals surface area (Å²) in [5.74, 6) is 0.310. The van der Waals surface area contributed by atoms with Crippen LogP contribution in [0.5, 0.6) is 11.6 Å². The first kappa shape index (κ1) is 23.0. The lowest BCUT2D eigenvalue weighted by Crippen LogP contribution is -2.13. The van der Waals surface area contributed by atoms with Gasteiger partial charge in [-0.2, -0.15) is 23.3 Å². The third-order valence-electron chi connectivity index (χ3n) is 5.16. The highest BCUT2D eigenvalue weighted by Gasteiger charge is 2.30. The Labute approximate surface area is 202 Å². The van der Waals surface area contributed by atoms with Crippen molar-refractivity contribution in [3.05, 3.63) is 90.4 Å². The number of carbonyl (C=O) groups excluding carboxylic acids is 1. The molecular weight excluding hydrogens is 473 g/mol. The second-order valence-electron chi connectivity index (χ2n) is 7.79. The van der Waals surface area contributed by atoms with Crippen molar-refractivity contribution in [2.75, 3.05) is 5.32 Å². The van der Waals surface area contributed by atoms with Crippen molar-refractivity contribution in [2.24, 2.45) is 7.05 Å². The number of fused-ring (bicyclic) bond motifs is 1. The van der Waals surface area contributed by atoms with Gasteiger partial charge >= 0.3 is 6.18 Å². The number of rotatable bonds is 5. The minimum absolute atomic E-state index is 0.119. The molecule has 0 spiro atoms. The van der Waals surface area contributed by atoms with Gasteiger partial charge in [0.25, 0.3) is 5.91 Å². The molecule has 1 N–H and O–H groups in total. The number of carbonyl (C=O) groups is 1. The van der Waals surface area contributed by atoms with E-state index in [2.05, 4.69) is 25.4 Å². The number of halogens is 3. The largest absolute Gasteiger partial charge is 0.438 e. The average molecular weight is 490 g/mol. The van der Waals surface area contributed by atoms with Gasteiger partial charge in [0.05, 0.1) is 5.56 Å². The smallest absolute Gasteiger partial charge is 0.416 e. The summed E-state index contributed by atoms with van der Waals surface area (Å²) in [6, 6.07) is 14.2. The predicted molar refractivity (Wildman–Crippen MR) is 125 cm³/mol. The Kier molecular flexibility index (Phi) is 5.80. The molecule has 36 heavy (non-hydrogen) atoms. The van der Waals surface area contributed by atoms with Gasteiger partial charge in [-0.1, -0.05) is 12.1 Å². The van der Waals surface area contributed by atoms with E-state index in [1.165, 1.54) is 12.1 Å². The van der Waals surface area contributed by atoms with Crippen LogP contribution in [-0.4, -0.2) is 30.6 Å². The van der Waals surface area contributed by atoms with Crippen LogP contribution in [0.2, 0.25) is 0 Å². The van der Waals surface area contributed by atoms with Crippen molar-refractivity contribution in [2.45, 2.75) is 6.18 Å². The Morgan fingerprint density at radius 3 is 2.56 bits per heavy atom. The molecule has 0 saturated heterocycles. The molecule has 8 nitrogen and oxygen atoms in total. The second-order valence-corrected chi connectivity index (χ2v) is 7.79. The van der Waals surface area contributed by atoms with Crippen molar-refractivity contribution in [1.29, 1.82) is 0 Å². The van der Waals surface area contributed by atoms with E-state index in [-0.39, 0.29) is 11.4 Å². The number of nitrogens with zero attached hydrogens (tertiary/aromatic N) is 5. The van der Waals surface area contributed by atoms with Crippen molar-refractivity contribution in [3.63, 3.8) is 0 Å². The van der Waals surface area contributed by atoms with E-state index in [4.69, 9.17) is 4.74 Å². The molecule has 180 valence electrons. The van der Waals surface area contributed by atoms with Gasteiger partial charge in [0.1, 0.15) is 11.1 Å². The summed E-state index contributed by atoms with van der Waals surface area (Å²) < 4.78 is 46.6. The SMILES string of the molecule is Cn1cc2c(Oc3cccc(NC(=O)c4cccc(C(F)(F)F)c4)c3)nc(-c3ccncc3)nc2n1. The van der Waals surface area contributed by atoms with Crippen LogP contribution in [0.1, 0.15) is 15.9 Å². The Morgan fingerprint density at radius 1 is 1.00 bits per heavy atom. The number of benzene rings is 2. The van der Waals surface area contributed by atoms with Crippen LogP contribution < -0.4 is 10.1 Å². The number of hydrogen-bond acceptors (Lipinski definition) is 6. The van der Waals surface area contributed by atoms with Crippen LogP contribution in [0, 0.1) is 0 Å². The number of nitrogens with one attached hydrogen (secondary N) is 1. The molecule has 0 atom stereocenters. The molecule has 0 bridgehead atoms. The maximum atomic E-state index is 13.0. The highest BCUT2D eigenvalue weighted by Crippen LogP contribution is 2.32. The van der Waals surface area contributed by atoms with Gasteiger partial charge in [0.2, 0.25) is 5.88 Å². The lowest BCUT2D eigenvalue weighted by Gasteiger charge is -2.11. The van der Waals surface area contributed by atoms with Crippen LogP contribution >= 0.6 is 0 Å². The van der Waals surface area contributed by atoms with Crippen LogP contribution in [0.15, 0.2) is 79.3 Å². The van der Waals surface area contributed by atoms with E-state index in [0.717, 1.165) is 17.7 Å². The fraction of sp³-hybridized carbons (Fsp3) is 0.0800. The number of anilines is 1. The molecule has 0 fully saturated rings. The normalized spacial score (nSPS) is 11.4. The summed E-state index contributed by atoms with van der Waals surface area (Å²) in [5.41, 5.74) is 0.473. The van der Waals surface area contributed by atoms with E-state index in [9.17, 15) is 18.0 Å². The first-order valence-electron chi connectivity index (χ1n) is 10.6. The number of aromatic nitrogens is 5. The van der Waals surface area contributed by atoms with Gasteiger partial charge in [0, 0.05) is 48.5 Å². The fourth-order valence-electron chi connectivity index (χ4n) is 3.49. The van der Waals surface area contributed by atoms with Gasteiger partial charge in [0.15, 0.2) is 11.5 Å². The van der Waals surface area contributed by atoms with Crippen molar-refractivity contribution < 1.29 is 22.7 Å². The zero-order valence-electron chi connectivity index (χ0n) is 18.7. The molecule has 3 heterocycles. The zero-order chi connectivity index (χ0) is 25.3. The first-order chi connectivity index (χ1) is 17.3. The molecule has 0 unspecified atom stereocenters. The van der Waals surface area contributed by atoms with Crippen LogP contribution in [0.3, 0.4) is 0 Å². The predicted octanol–water partition coefficient (Wildman–Crippen LogP) is 5.49. The molecule has 5 rings (SSSR count). The molecule has 0 aliphatic carbocycles. The quantitative estimate of drug-likeness (QED) is 0.350. The molecule has 0 aliphatic rings. The Morgan fingerprint density at radius 2 is 1.78 bits per heavy atom. The van der Waals surface area contributed by atoms with E-state index in [1.54, 1.807) is 66.7 Å². The highest BCUT2D eigenvalue weighted by molar-refractivity contribution is 6.04. The van der Waals surface area contributed by atoms with Crippen molar-refractivity contribution in [3.8, 4) is 23.0 Å². The fourth-order valence-corrected chi connectivity index (χ4v) is 3.49. The molecule has 1 amide bonds. The van der Waals surface area contributed by atoms with E-state index in [0.29, 0.717) is 28.3 Å². The van der Waals surface area contributed by atoms with Gasteiger partial charge in [-0.05, 0) is 42.5 Å². The van der Waals surface area contributed by atoms with Crippen LogP contribution in [-0.2, 0) is 13.2 Å². The molecule has 0 saturated carbocycles. The molecule has 5 aromatic rings. The molecule has 2 aromatic carbocycles. The molecular formula is C25H17F3N6O2. The standard InChI is InChI=1S/C25H17F3N6O2/c1-34-14-20-22(33-34)31-21(15-8-10-29-11-9-15)32-24(20)36-19-7-3-6-18(13-19)30-23(35)16-4-2-5-17(12-16)25(26,27)28/h2-14H,1H3,(H,30,35). The maximum Gasteiger partial charge on any atom is 0.416 e. The van der Waals surface area contributed by atoms with E-state index in [1.807, 2.05) is 0 Å². The van der Waals surface area contributed by atoms with Gasteiger partial charge in [-0.3, -0.25) is 14.5 Å². The topological polar surface area (TPSA) is 94.8 Å². The lowest BCUT2D eigenvalue weighted by atomic mass is 10.1. The van der Waals surface area contributed by atoms with Crippen LogP contribution in [0.4, 0.5) is 18.9 Å². The lowest BCUT2D eigenvalue weighted by molar-refractivity contribution is -0.137. The monoisotopic (exact) mass is 490 g/mol. The Hall–Kier alpha value is -4.80. The Balaban J connectivity index is 1.43. The minimum atomic E-state index is -4.55. The summed E-state index contributed by atoms with van der Waals surface area (Å²) >= 11 is 0. The summed E-state index contributed by atoms with van der Waals surface area (Å²) in [6.07, 6.45) is 0.422. The summed E-state index contributed by atoms with van der Waals surface area (Å²) in [4.78, 5) is 25.6. The third kappa shape index (κ3) is 4.85. The molecule has 0 radical (unpaired) electrons. The molecule has 0 aliphatic heterocycles. The van der Waals surface area contributed by atoms with Crippen molar-refractivity contribution in [1.82, 2.24) is 24.7 Å². The van der Waals surface area contributed by atoms with Crippen molar-refractivity contribution >= 4 is 22.6 Å². The molecule has 3 aromatic heterocycles. The third-order valence-corrected chi connectivity index (χ3v) is 5.16. The van der Waals surface area contributed by atoms with E-state index < -0.39 is 17.6 Å². The van der Waals surface area contributed by atoms with Gasteiger partial charge < -0.3 is 10.1 Å². The number of aryl methyl sites for hydroxylation is 1.